The van der Waals surface area contributed by atoms with Crippen molar-refractivity contribution < 1.29 is 14.7 Å². The van der Waals surface area contributed by atoms with Crippen LogP contribution in [0.1, 0.15) is 38.2 Å². The number of carbonyl (C=O) groups is 2. The minimum atomic E-state index is -0.848. The zero-order valence-electron chi connectivity index (χ0n) is 12.3. The third-order valence-corrected chi connectivity index (χ3v) is 3.94. The summed E-state index contributed by atoms with van der Waals surface area (Å²) in [5.41, 5.74) is 0.909. The number of benzene rings is 1. The molecule has 0 saturated heterocycles. The molecule has 1 aromatic rings. The van der Waals surface area contributed by atoms with Gasteiger partial charge in [0.15, 0.2) is 0 Å². The van der Waals surface area contributed by atoms with E-state index >= 15 is 0 Å². The van der Waals surface area contributed by atoms with E-state index in [1.807, 2.05) is 12.1 Å². The fourth-order valence-corrected chi connectivity index (χ4v) is 2.55. The van der Waals surface area contributed by atoms with Crippen LogP contribution >= 0.6 is 0 Å². The molecule has 0 aromatic heterocycles. The Morgan fingerprint density at radius 3 is 2.33 bits per heavy atom. The van der Waals surface area contributed by atoms with Crippen molar-refractivity contribution in [2.75, 3.05) is 11.9 Å². The topological polar surface area (TPSA) is 78.4 Å². The quantitative estimate of drug-likeness (QED) is 0.737. The summed E-state index contributed by atoms with van der Waals surface area (Å²) in [6.45, 7) is 2.18. The van der Waals surface area contributed by atoms with Crippen LogP contribution in [0.4, 0.5) is 5.69 Å². The molecule has 0 spiro atoms. The van der Waals surface area contributed by atoms with Crippen LogP contribution in [0.25, 0.3) is 0 Å². The lowest BCUT2D eigenvalue weighted by Gasteiger charge is -2.22. The summed E-state index contributed by atoms with van der Waals surface area (Å²) in [5.74, 6) is -1.42. The number of rotatable bonds is 4. The number of aryl methyl sites for hydroxylation is 1. The molecule has 3 N–H and O–H groups in total. The van der Waals surface area contributed by atoms with Gasteiger partial charge in [-0.25, -0.2) is 0 Å². The Hall–Kier alpha value is -1.88. The van der Waals surface area contributed by atoms with E-state index in [1.54, 1.807) is 12.1 Å². The summed E-state index contributed by atoms with van der Waals surface area (Å²) in [4.78, 5) is 23.5. The first-order valence-electron chi connectivity index (χ1n) is 7.43. The zero-order valence-corrected chi connectivity index (χ0v) is 12.3. The van der Waals surface area contributed by atoms with Gasteiger partial charge in [0.25, 0.3) is 0 Å². The summed E-state index contributed by atoms with van der Waals surface area (Å²) < 4.78 is 0. The van der Waals surface area contributed by atoms with Crippen molar-refractivity contribution in [3.05, 3.63) is 29.8 Å². The molecule has 21 heavy (non-hydrogen) atoms. The van der Waals surface area contributed by atoms with E-state index in [0.717, 1.165) is 19.3 Å². The highest BCUT2D eigenvalue weighted by molar-refractivity contribution is 6.39. The van der Waals surface area contributed by atoms with Crippen LogP contribution in [0.2, 0.25) is 0 Å². The van der Waals surface area contributed by atoms with Gasteiger partial charge in [0.2, 0.25) is 0 Å². The van der Waals surface area contributed by atoms with E-state index < -0.39 is 17.4 Å². The Kier molecular flexibility index (Phi) is 4.96. The number of hydrogen-bond donors (Lipinski definition) is 3. The number of nitrogens with one attached hydrogen (secondary N) is 2. The van der Waals surface area contributed by atoms with Crippen LogP contribution in [0.5, 0.6) is 0 Å². The van der Waals surface area contributed by atoms with Crippen molar-refractivity contribution in [1.82, 2.24) is 5.32 Å². The van der Waals surface area contributed by atoms with E-state index in [0.29, 0.717) is 18.5 Å². The lowest BCUT2D eigenvalue weighted by atomic mass is 10.0. The predicted molar refractivity (Wildman–Crippen MR) is 80.9 cm³/mol. The predicted octanol–water partition coefficient (Wildman–Crippen LogP) is 1.61. The average Bonchev–Trinajstić information content (AvgIpc) is 2.93. The summed E-state index contributed by atoms with van der Waals surface area (Å²) in [7, 11) is 0. The fraction of sp³-hybridized carbons (Fsp3) is 0.500. The van der Waals surface area contributed by atoms with Crippen molar-refractivity contribution in [3.63, 3.8) is 0 Å². The molecule has 5 nitrogen and oxygen atoms in total. The summed E-state index contributed by atoms with van der Waals surface area (Å²) in [5, 5.41) is 15.2. The van der Waals surface area contributed by atoms with Gasteiger partial charge in [-0.15, -0.1) is 0 Å². The molecule has 1 fully saturated rings. The maximum Gasteiger partial charge on any atom is 0.313 e. The zero-order chi connectivity index (χ0) is 15.3. The van der Waals surface area contributed by atoms with Gasteiger partial charge in [0.05, 0.1) is 5.60 Å². The molecule has 1 aromatic carbocycles. The summed E-state index contributed by atoms with van der Waals surface area (Å²) in [6, 6.07) is 7.37. The number of carbonyl (C=O) groups excluding carboxylic acids is 2. The minimum Gasteiger partial charge on any atom is -0.388 e. The van der Waals surface area contributed by atoms with Crippen LogP contribution in [0.3, 0.4) is 0 Å². The standard InChI is InChI=1S/C16H22N2O3/c1-2-12-5-7-13(8-6-12)18-15(20)14(19)17-11-16(21)9-3-4-10-16/h5-8,21H,2-4,9-11H2,1H3,(H,17,19)(H,18,20). The van der Waals surface area contributed by atoms with Crippen LogP contribution in [0.15, 0.2) is 24.3 Å². The molecule has 0 bridgehead atoms. The molecular weight excluding hydrogens is 268 g/mol. The number of aliphatic hydroxyl groups is 1. The Balaban J connectivity index is 1.82. The maximum absolute atomic E-state index is 11.8. The molecule has 2 rings (SSSR count). The normalized spacial score (nSPS) is 16.5. The Morgan fingerprint density at radius 1 is 1.14 bits per heavy atom. The molecule has 114 valence electrons. The van der Waals surface area contributed by atoms with E-state index in [9.17, 15) is 14.7 Å². The second-order valence-electron chi connectivity index (χ2n) is 5.62. The summed E-state index contributed by atoms with van der Waals surface area (Å²) >= 11 is 0. The maximum atomic E-state index is 11.8. The fourth-order valence-electron chi connectivity index (χ4n) is 2.55. The molecule has 0 aliphatic heterocycles. The van der Waals surface area contributed by atoms with Crippen molar-refractivity contribution in [1.29, 1.82) is 0 Å². The molecule has 0 heterocycles. The van der Waals surface area contributed by atoms with Gasteiger partial charge < -0.3 is 15.7 Å². The summed E-state index contributed by atoms with van der Waals surface area (Å²) in [6.07, 6.45) is 4.19. The number of amides is 2. The first-order valence-corrected chi connectivity index (χ1v) is 7.43. The highest BCUT2D eigenvalue weighted by atomic mass is 16.3. The molecule has 0 radical (unpaired) electrons. The molecule has 2 amide bonds. The van der Waals surface area contributed by atoms with Gasteiger partial charge in [-0.05, 0) is 37.0 Å². The minimum absolute atomic E-state index is 0.133. The highest BCUT2D eigenvalue weighted by Crippen LogP contribution is 2.28. The Labute approximate surface area is 124 Å². The van der Waals surface area contributed by atoms with Gasteiger partial charge >= 0.3 is 11.8 Å². The van der Waals surface area contributed by atoms with Crippen molar-refractivity contribution >= 4 is 17.5 Å². The average molecular weight is 290 g/mol. The van der Waals surface area contributed by atoms with Crippen molar-refractivity contribution in [3.8, 4) is 0 Å². The van der Waals surface area contributed by atoms with Crippen molar-refractivity contribution in [2.24, 2.45) is 0 Å². The van der Waals surface area contributed by atoms with Gasteiger partial charge in [-0.3, -0.25) is 9.59 Å². The molecule has 0 unspecified atom stereocenters. The van der Waals surface area contributed by atoms with E-state index in [2.05, 4.69) is 17.6 Å². The second-order valence-corrected chi connectivity index (χ2v) is 5.62. The van der Waals surface area contributed by atoms with Crippen LogP contribution in [-0.4, -0.2) is 29.1 Å². The first kappa shape index (κ1) is 15.5. The molecule has 0 atom stereocenters. The lowest BCUT2D eigenvalue weighted by Crippen LogP contribution is -2.44. The third-order valence-electron chi connectivity index (χ3n) is 3.94. The molecule has 1 aliphatic rings. The largest absolute Gasteiger partial charge is 0.388 e. The van der Waals surface area contributed by atoms with Gasteiger partial charge in [0, 0.05) is 12.2 Å². The molecule has 1 saturated carbocycles. The smallest absolute Gasteiger partial charge is 0.313 e. The molecule has 1 aliphatic carbocycles. The van der Waals surface area contributed by atoms with Gasteiger partial charge in [-0.2, -0.15) is 0 Å². The van der Waals surface area contributed by atoms with Crippen LogP contribution < -0.4 is 10.6 Å². The van der Waals surface area contributed by atoms with E-state index in [4.69, 9.17) is 0 Å². The number of hydrogen-bond acceptors (Lipinski definition) is 3. The van der Waals surface area contributed by atoms with E-state index in [1.165, 1.54) is 5.56 Å². The van der Waals surface area contributed by atoms with Crippen LogP contribution in [-0.2, 0) is 16.0 Å². The first-order chi connectivity index (χ1) is 10.0. The lowest BCUT2D eigenvalue weighted by molar-refractivity contribution is -0.136. The SMILES string of the molecule is CCc1ccc(NC(=O)C(=O)NCC2(O)CCCC2)cc1. The molecule has 5 heteroatoms. The van der Waals surface area contributed by atoms with Crippen molar-refractivity contribution in [2.45, 2.75) is 44.6 Å². The highest BCUT2D eigenvalue weighted by Gasteiger charge is 2.31. The Morgan fingerprint density at radius 2 is 1.76 bits per heavy atom. The van der Waals surface area contributed by atoms with Crippen LogP contribution in [0, 0.1) is 0 Å². The monoisotopic (exact) mass is 290 g/mol. The van der Waals surface area contributed by atoms with Gasteiger partial charge in [-0.1, -0.05) is 31.9 Å². The second kappa shape index (κ2) is 6.72. The van der Waals surface area contributed by atoms with Gasteiger partial charge in [0.1, 0.15) is 0 Å². The third kappa shape index (κ3) is 4.29. The van der Waals surface area contributed by atoms with E-state index in [-0.39, 0.29) is 6.54 Å². The molecular formula is C16H22N2O3. The number of anilines is 1. The Bertz CT molecular complexity index is 505.